The summed E-state index contributed by atoms with van der Waals surface area (Å²) in [6.45, 7) is 5.67. The highest BCUT2D eigenvalue weighted by Gasteiger charge is 2.34. The predicted octanol–water partition coefficient (Wildman–Crippen LogP) is 4.41. The van der Waals surface area contributed by atoms with Gasteiger partial charge in [-0.3, -0.25) is 19.3 Å². The Labute approximate surface area is 199 Å². The van der Waals surface area contributed by atoms with E-state index in [1.54, 1.807) is 6.07 Å². The molecule has 3 aromatic rings. The zero-order valence-electron chi connectivity index (χ0n) is 19.5. The molecule has 0 aliphatic carbocycles. The van der Waals surface area contributed by atoms with Gasteiger partial charge in [-0.05, 0) is 56.2 Å². The van der Waals surface area contributed by atoms with Crippen molar-refractivity contribution in [2.75, 3.05) is 27.4 Å². The van der Waals surface area contributed by atoms with Crippen LogP contribution in [0.3, 0.4) is 0 Å². The molecule has 7 heteroatoms. The van der Waals surface area contributed by atoms with Crippen LogP contribution in [0.5, 0.6) is 0 Å². The lowest BCUT2D eigenvalue weighted by molar-refractivity contribution is -0.124. The monoisotopic (exact) mass is 456 g/mol. The maximum atomic E-state index is 13.3. The molecule has 1 heterocycles. The third kappa shape index (κ3) is 5.09. The Kier molecular flexibility index (Phi) is 6.63. The standard InChI is InChI=1S/C27H28N4O3/c1-17-11-13-20(14-12-17)28-24(32)15-22-27(34)31(23-10-5-4-9-21(23)29-22)16-25(33)30-26-18(2)7-6-8-19(26)3/h4-14,22,29H,15-16H2,1-3H3,(H,28,32)(H,30,33)/t22-/m0/s1. The van der Waals surface area contributed by atoms with Crippen LogP contribution in [0.25, 0.3) is 0 Å². The van der Waals surface area contributed by atoms with Gasteiger partial charge in [-0.2, -0.15) is 0 Å². The Bertz CT molecular complexity index is 1220. The van der Waals surface area contributed by atoms with Gasteiger partial charge in [0.2, 0.25) is 11.8 Å². The summed E-state index contributed by atoms with van der Waals surface area (Å²) in [5.41, 5.74) is 5.72. The molecule has 34 heavy (non-hydrogen) atoms. The molecule has 3 N–H and O–H groups in total. The summed E-state index contributed by atoms with van der Waals surface area (Å²) >= 11 is 0. The highest BCUT2D eigenvalue weighted by Crippen LogP contribution is 2.32. The quantitative estimate of drug-likeness (QED) is 0.513. The number of para-hydroxylation sites is 3. The van der Waals surface area contributed by atoms with Crippen molar-refractivity contribution in [1.82, 2.24) is 0 Å². The number of nitrogens with one attached hydrogen (secondary N) is 3. The molecule has 1 atom stereocenters. The second-order valence-electron chi connectivity index (χ2n) is 8.57. The third-order valence-corrected chi connectivity index (χ3v) is 5.86. The number of anilines is 4. The smallest absolute Gasteiger partial charge is 0.250 e. The number of hydrogen-bond acceptors (Lipinski definition) is 4. The topological polar surface area (TPSA) is 90.5 Å². The highest BCUT2D eigenvalue weighted by molar-refractivity contribution is 6.11. The molecule has 4 rings (SSSR count). The molecule has 0 aromatic heterocycles. The van der Waals surface area contributed by atoms with Crippen LogP contribution < -0.4 is 20.9 Å². The van der Waals surface area contributed by atoms with Crippen LogP contribution in [0.4, 0.5) is 22.7 Å². The summed E-state index contributed by atoms with van der Waals surface area (Å²) in [7, 11) is 0. The van der Waals surface area contributed by atoms with E-state index >= 15 is 0 Å². The minimum atomic E-state index is -0.784. The zero-order chi connectivity index (χ0) is 24.2. The molecule has 0 saturated carbocycles. The van der Waals surface area contributed by atoms with Gasteiger partial charge in [0.05, 0.1) is 17.8 Å². The number of benzene rings is 3. The molecule has 3 amide bonds. The Morgan fingerprint density at radius 3 is 2.24 bits per heavy atom. The first kappa shape index (κ1) is 23.0. The number of fused-ring (bicyclic) bond motifs is 1. The molecule has 0 fully saturated rings. The molecule has 0 bridgehead atoms. The molecule has 3 aromatic carbocycles. The van der Waals surface area contributed by atoms with Gasteiger partial charge in [-0.25, -0.2) is 0 Å². The van der Waals surface area contributed by atoms with Gasteiger partial charge in [0.25, 0.3) is 5.91 Å². The van der Waals surface area contributed by atoms with E-state index < -0.39 is 6.04 Å². The van der Waals surface area contributed by atoms with Crippen molar-refractivity contribution in [1.29, 1.82) is 0 Å². The average molecular weight is 457 g/mol. The number of hydrogen-bond donors (Lipinski definition) is 3. The van der Waals surface area contributed by atoms with Crippen molar-refractivity contribution in [2.45, 2.75) is 33.2 Å². The van der Waals surface area contributed by atoms with Crippen LogP contribution in [-0.2, 0) is 14.4 Å². The van der Waals surface area contributed by atoms with E-state index in [2.05, 4.69) is 16.0 Å². The minimum absolute atomic E-state index is 0.0595. The van der Waals surface area contributed by atoms with E-state index in [4.69, 9.17) is 0 Å². The average Bonchev–Trinajstić information content (AvgIpc) is 2.80. The van der Waals surface area contributed by atoms with Crippen molar-refractivity contribution in [3.63, 3.8) is 0 Å². The molecule has 7 nitrogen and oxygen atoms in total. The number of aryl methyl sites for hydroxylation is 3. The van der Waals surface area contributed by atoms with Gasteiger partial charge in [-0.15, -0.1) is 0 Å². The first-order valence-corrected chi connectivity index (χ1v) is 11.2. The van der Waals surface area contributed by atoms with Crippen molar-refractivity contribution in [3.05, 3.63) is 83.4 Å². The fourth-order valence-corrected chi connectivity index (χ4v) is 4.06. The first-order chi connectivity index (χ1) is 16.3. The Morgan fingerprint density at radius 1 is 0.853 bits per heavy atom. The molecule has 1 aliphatic rings. The lowest BCUT2D eigenvalue weighted by atomic mass is 10.1. The van der Waals surface area contributed by atoms with E-state index in [1.807, 2.05) is 81.4 Å². The van der Waals surface area contributed by atoms with Crippen molar-refractivity contribution in [3.8, 4) is 0 Å². The van der Waals surface area contributed by atoms with E-state index in [0.717, 1.165) is 22.4 Å². The SMILES string of the molecule is Cc1ccc(NC(=O)C[C@@H]2Nc3ccccc3N(CC(=O)Nc3c(C)cccc3C)C2=O)cc1. The van der Waals surface area contributed by atoms with Gasteiger partial charge in [0.15, 0.2) is 0 Å². The van der Waals surface area contributed by atoms with Crippen molar-refractivity contribution in [2.24, 2.45) is 0 Å². The second-order valence-corrected chi connectivity index (χ2v) is 8.57. The van der Waals surface area contributed by atoms with E-state index in [9.17, 15) is 14.4 Å². The number of carbonyl (C=O) groups excluding carboxylic acids is 3. The zero-order valence-corrected chi connectivity index (χ0v) is 19.5. The maximum absolute atomic E-state index is 13.3. The van der Waals surface area contributed by atoms with Crippen LogP contribution in [0.15, 0.2) is 66.7 Å². The van der Waals surface area contributed by atoms with E-state index in [1.165, 1.54) is 4.90 Å². The van der Waals surface area contributed by atoms with Crippen LogP contribution in [0.1, 0.15) is 23.1 Å². The Hall–Kier alpha value is -4.13. The van der Waals surface area contributed by atoms with E-state index in [0.29, 0.717) is 17.1 Å². The van der Waals surface area contributed by atoms with Gasteiger partial charge >= 0.3 is 0 Å². The number of nitrogens with zero attached hydrogens (tertiary/aromatic N) is 1. The summed E-state index contributed by atoms with van der Waals surface area (Å²) in [5.74, 6) is -0.909. The Balaban J connectivity index is 1.50. The first-order valence-electron chi connectivity index (χ1n) is 11.2. The fourth-order valence-electron chi connectivity index (χ4n) is 4.06. The molecule has 1 aliphatic heterocycles. The summed E-state index contributed by atoms with van der Waals surface area (Å²) in [6, 6.07) is 19.8. The molecule has 174 valence electrons. The Morgan fingerprint density at radius 2 is 1.53 bits per heavy atom. The van der Waals surface area contributed by atoms with Crippen LogP contribution in [0.2, 0.25) is 0 Å². The minimum Gasteiger partial charge on any atom is -0.372 e. The lowest BCUT2D eigenvalue weighted by Crippen LogP contribution is -2.51. The summed E-state index contributed by atoms with van der Waals surface area (Å²) < 4.78 is 0. The van der Waals surface area contributed by atoms with Gasteiger partial charge < -0.3 is 16.0 Å². The molecular weight excluding hydrogens is 428 g/mol. The van der Waals surface area contributed by atoms with Crippen molar-refractivity contribution < 1.29 is 14.4 Å². The molecule has 0 spiro atoms. The molecular formula is C27H28N4O3. The predicted molar refractivity (Wildman–Crippen MR) is 135 cm³/mol. The van der Waals surface area contributed by atoms with Gasteiger partial charge in [0, 0.05) is 11.4 Å². The fraction of sp³-hybridized carbons (Fsp3) is 0.222. The van der Waals surface area contributed by atoms with Crippen LogP contribution in [-0.4, -0.2) is 30.3 Å². The maximum Gasteiger partial charge on any atom is 0.250 e. The molecule has 0 radical (unpaired) electrons. The number of carbonyl (C=O) groups is 3. The molecule has 0 unspecified atom stereocenters. The second kappa shape index (κ2) is 9.79. The van der Waals surface area contributed by atoms with Gasteiger partial charge in [0.1, 0.15) is 12.6 Å². The number of amides is 3. The summed E-state index contributed by atoms with van der Waals surface area (Å²) in [4.78, 5) is 40.4. The molecule has 0 saturated heterocycles. The number of rotatable bonds is 6. The lowest BCUT2D eigenvalue weighted by Gasteiger charge is -2.34. The van der Waals surface area contributed by atoms with Crippen molar-refractivity contribution >= 4 is 40.5 Å². The summed E-state index contributed by atoms with van der Waals surface area (Å²) in [6.07, 6.45) is -0.0595. The summed E-state index contributed by atoms with van der Waals surface area (Å²) in [5, 5.41) is 8.93. The van der Waals surface area contributed by atoms with Crippen LogP contribution >= 0.6 is 0 Å². The third-order valence-electron chi connectivity index (χ3n) is 5.86. The van der Waals surface area contributed by atoms with Crippen LogP contribution in [0, 0.1) is 20.8 Å². The van der Waals surface area contributed by atoms with E-state index in [-0.39, 0.29) is 30.7 Å². The highest BCUT2D eigenvalue weighted by atomic mass is 16.2. The normalized spacial score (nSPS) is 14.7. The van der Waals surface area contributed by atoms with Gasteiger partial charge in [-0.1, -0.05) is 48.0 Å². The largest absolute Gasteiger partial charge is 0.372 e.